The van der Waals surface area contributed by atoms with E-state index in [0.717, 1.165) is 31.5 Å². The number of imide groups is 1. The van der Waals surface area contributed by atoms with Crippen LogP contribution in [0.5, 0.6) is 0 Å². The van der Waals surface area contributed by atoms with Crippen LogP contribution in [0, 0.1) is 18.7 Å². The molecule has 0 spiro atoms. The summed E-state index contributed by atoms with van der Waals surface area (Å²) in [5, 5.41) is 0. The summed E-state index contributed by atoms with van der Waals surface area (Å²) in [6, 6.07) is 13.2. The molecule has 1 unspecified atom stereocenters. The second kappa shape index (κ2) is 7.23. The third kappa shape index (κ3) is 3.11. The number of carbonyl (C=O) groups excluding carboxylic acids is 2. The van der Waals surface area contributed by atoms with Gasteiger partial charge in [-0.1, -0.05) is 37.3 Å². The van der Waals surface area contributed by atoms with Crippen LogP contribution in [0.3, 0.4) is 0 Å². The van der Waals surface area contributed by atoms with E-state index in [4.69, 9.17) is 0 Å². The topological polar surface area (TPSA) is 40.6 Å². The number of nitrogens with zero attached hydrogens (tertiary/aromatic N) is 2. The molecular weight excluding hydrogens is 355 g/mol. The van der Waals surface area contributed by atoms with Crippen molar-refractivity contribution < 1.29 is 14.0 Å². The van der Waals surface area contributed by atoms with Gasteiger partial charge in [-0.05, 0) is 55.0 Å². The monoisotopic (exact) mass is 378 g/mol. The summed E-state index contributed by atoms with van der Waals surface area (Å²) in [4.78, 5) is 30.2. The Kier molecular flexibility index (Phi) is 4.75. The molecule has 1 saturated heterocycles. The molecule has 0 saturated carbocycles. The van der Waals surface area contributed by atoms with Gasteiger partial charge in [0.1, 0.15) is 11.5 Å². The zero-order chi connectivity index (χ0) is 19.8. The summed E-state index contributed by atoms with van der Waals surface area (Å²) in [6.45, 7) is 5.52. The van der Waals surface area contributed by atoms with Gasteiger partial charge in [0.2, 0.25) is 0 Å². The number of aryl methyl sites for hydroxylation is 1. The van der Waals surface area contributed by atoms with E-state index < -0.39 is 0 Å². The lowest BCUT2D eigenvalue weighted by Crippen LogP contribution is -2.39. The van der Waals surface area contributed by atoms with E-state index in [1.54, 1.807) is 18.2 Å². The van der Waals surface area contributed by atoms with Crippen molar-refractivity contribution in [2.45, 2.75) is 26.7 Å². The van der Waals surface area contributed by atoms with Crippen molar-refractivity contribution in [2.75, 3.05) is 18.0 Å². The number of piperidine rings is 1. The van der Waals surface area contributed by atoms with E-state index in [0.29, 0.717) is 28.4 Å². The first-order chi connectivity index (χ1) is 13.5. The third-order valence-electron chi connectivity index (χ3n) is 5.52. The molecule has 0 aromatic heterocycles. The van der Waals surface area contributed by atoms with Crippen molar-refractivity contribution in [3.63, 3.8) is 0 Å². The fourth-order valence-corrected chi connectivity index (χ4v) is 4.11. The van der Waals surface area contributed by atoms with Crippen LogP contribution in [0.25, 0.3) is 5.57 Å². The normalized spacial score (nSPS) is 20.3. The van der Waals surface area contributed by atoms with Crippen molar-refractivity contribution in [1.29, 1.82) is 0 Å². The number of likely N-dealkylation sites (tertiary alicyclic amines) is 1. The van der Waals surface area contributed by atoms with Crippen molar-refractivity contribution in [1.82, 2.24) is 4.90 Å². The Balaban J connectivity index is 1.85. The van der Waals surface area contributed by atoms with E-state index in [1.165, 1.54) is 17.0 Å². The molecule has 0 bridgehead atoms. The standard InChI is InChI=1S/C23H23FN2O2/c1-15-6-5-13-25(14-15)21-20(17-9-11-18(24)12-10-17)22(27)26(23(21)28)19-8-4-3-7-16(19)2/h3-4,7-12,15H,5-6,13-14H2,1-2H3. The first-order valence-corrected chi connectivity index (χ1v) is 9.67. The molecule has 1 fully saturated rings. The number of rotatable bonds is 3. The maximum Gasteiger partial charge on any atom is 0.282 e. The third-order valence-corrected chi connectivity index (χ3v) is 5.52. The predicted molar refractivity (Wildman–Crippen MR) is 107 cm³/mol. The zero-order valence-corrected chi connectivity index (χ0v) is 16.1. The number of benzene rings is 2. The number of carbonyl (C=O) groups is 2. The molecule has 144 valence electrons. The Hall–Kier alpha value is -2.95. The summed E-state index contributed by atoms with van der Waals surface area (Å²) in [7, 11) is 0. The summed E-state index contributed by atoms with van der Waals surface area (Å²) < 4.78 is 13.5. The Morgan fingerprint density at radius 2 is 1.71 bits per heavy atom. The Morgan fingerprint density at radius 1 is 1.00 bits per heavy atom. The fraction of sp³-hybridized carbons (Fsp3) is 0.304. The van der Waals surface area contributed by atoms with Crippen molar-refractivity contribution in [3.05, 3.63) is 71.2 Å². The van der Waals surface area contributed by atoms with Crippen molar-refractivity contribution in [2.24, 2.45) is 5.92 Å². The molecule has 2 amide bonds. The van der Waals surface area contributed by atoms with Gasteiger partial charge in [0.15, 0.2) is 0 Å². The van der Waals surface area contributed by atoms with Crippen LogP contribution in [-0.4, -0.2) is 29.8 Å². The van der Waals surface area contributed by atoms with E-state index in [9.17, 15) is 14.0 Å². The molecule has 0 N–H and O–H groups in total. The van der Waals surface area contributed by atoms with E-state index in [1.807, 2.05) is 30.0 Å². The molecule has 0 radical (unpaired) electrons. The van der Waals surface area contributed by atoms with Gasteiger partial charge in [-0.25, -0.2) is 9.29 Å². The minimum absolute atomic E-state index is 0.298. The molecule has 28 heavy (non-hydrogen) atoms. The molecule has 5 heteroatoms. The predicted octanol–water partition coefficient (Wildman–Crippen LogP) is 4.15. The quantitative estimate of drug-likeness (QED) is 0.754. The van der Waals surface area contributed by atoms with Crippen LogP contribution in [0.4, 0.5) is 10.1 Å². The minimum Gasteiger partial charge on any atom is -0.366 e. The molecule has 1 atom stereocenters. The van der Waals surface area contributed by atoms with Crippen molar-refractivity contribution >= 4 is 23.1 Å². The van der Waals surface area contributed by atoms with Gasteiger partial charge >= 0.3 is 0 Å². The SMILES string of the molecule is Cc1ccccc1N1C(=O)C(c2ccc(F)cc2)=C(N2CCCC(C)C2)C1=O. The van der Waals surface area contributed by atoms with Crippen LogP contribution >= 0.6 is 0 Å². The van der Waals surface area contributed by atoms with Crippen molar-refractivity contribution in [3.8, 4) is 0 Å². The first-order valence-electron chi connectivity index (χ1n) is 9.67. The molecule has 0 aliphatic carbocycles. The van der Waals surface area contributed by atoms with Crippen LogP contribution in [0.1, 0.15) is 30.9 Å². The Morgan fingerprint density at radius 3 is 2.39 bits per heavy atom. The Bertz CT molecular complexity index is 965. The second-order valence-corrected chi connectivity index (χ2v) is 7.66. The highest BCUT2D eigenvalue weighted by molar-refractivity contribution is 6.45. The number of para-hydroxylation sites is 1. The maximum absolute atomic E-state index is 13.5. The van der Waals surface area contributed by atoms with E-state index >= 15 is 0 Å². The first kappa shape index (κ1) is 18.4. The van der Waals surface area contributed by atoms with Gasteiger partial charge < -0.3 is 4.90 Å². The van der Waals surface area contributed by atoms with Gasteiger partial charge in [-0.3, -0.25) is 9.59 Å². The van der Waals surface area contributed by atoms with Crippen LogP contribution in [-0.2, 0) is 9.59 Å². The number of amides is 2. The van der Waals surface area contributed by atoms with Crippen LogP contribution in [0.15, 0.2) is 54.2 Å². The number of hydrogen-bond acceptors (Lipinski definition) is 3. The number of anilines is 1. The summed E-state index contributed by atoms with van der Waals surface area (Å²) in [5.41, 5.74) is 2.82. The number of halogens is 1. The molecule has 4 rings (SSSR count). The summed E-state index contributed by atoms with van der Waals surface area (Å²) in [5.74, 6) is -0.567. The molecule has 2 aliphatic rings. The highest BCUT2D eigenvalue weighted by Gasteiger charge is 2.43. The zero-order valence-electron chi connectivity index (χ0n) is 16.1. The molecule has 2 aromatic carbocycles. The molecule has 2 aromatic rings. The van der Waals surface area contributed by atoms with Gasteiger partial charge in [-0.15, -0.1) is 0 Å². The maximum atomic E-state index is 13.5. The van der Waals surface area contributed by atoms with Gasteiger partial charge in [0, 0.05) is 13.1 Å². The minimum atomic E-state index is -0.370. The number of hydrogen-bond donors (Lipinski definition) is 0. The summed E-state index contributed by atoms with van der Waals surface area (Å²) in [6.07, 6.45) is 2.09. The molecular formula is C23H23FN2O2. The van der Waals surface area contributed by atoms with Crippen LogP contribution in [0.2, 0.25) is 0 Å². The fourth-order valence-electron chi connectivity index (χ4n) is 4.11. The van der Waals surface area contributed by atoms with E-state index in [2.05, 4.69) is 6.92 Å². The smallest absolute Gasteiger partial charge is 0.282 e. The highest BCUT2D eigenvalue weighted by Crippen LogP contribution is 2.37. The van der Waals surface area contributed by atoms with Gasteiger partial charge in [0.05, 0.1) is 11.3 Å². The largest absolute Gasteiger partial charge is 0.366 e. The average molecular weight is 378 g/mol. The highest BCUT2D eigenvalue weighted by atomic mass is 19.1. The lowest BCUT2D eigenvalue weighted by molar-refractivity contribution is -0.120. The van der Waals surface area contributed by atoms with Crippen LogP contribution < -0.4 is 4.90 Å². The molecule has 4 nitrogen and oxygen atoms in total. The average Bonchev–Trinajstić information content (AvgIpc) is 2.93. The molecule has 2 aliphatic heterocycles. The van der Waals surface area contributed by atoms with E-state index in [-0.39, 0.29) is 17.6 Å². The van der Waals surface area contributed by atoms with Gasteiger partial charge in [0.25, 0.3) is 11.8 Å². The van der Waals surface area contributed by atoms with Gasteiger partial charge in [-0.2, -0.15) is 0 Å². The Labute approximate surface area is 164 Å². The summed E-state index contributed by atoms with van der Waals surface area (Å²) >= 11 is 0. The second-order valence-electron chi connectivity index (χ2n) is 7.66. The lowest BCUT2D eigenvalue weighted by Gasteiger charge is -2.33. The lowest BCUT2D eigenvalue weighted by atomic mass is 9.98. The molecule has 2 heterocycles.